The Morgan fingerprint density at radius 2 is 1.62 bits per heavy atom. The van der Waals surface area contributed by atoms with Gasteiger partial charge < -0.3 is 47.9 Å². The molecule has 0 aliphatic carbocycles. The van der Waals surface area contributed by atoms with E-state index in [4.69, 9.17) is 11.5 Å². The van der Waals surface area contributed by atoms with Crippen molar-refractivity contribution < 1.29 is 34.2 Å². The number of phenols is 1. The van der Waals surface area contributed by atoms with E-state index >= 15 is 0 Å². The van der Waals surface area contributed by atoms with Crippen LogP contribution in [0.15, 0.2) is 54.7 Å². The third-order valence-electron chi connectivity index (χ3n) is 8.00. The lowest BCUT2D eigenvalue weighted by atomic mass is 9.96. The molecule has 14 nitrogen and oxygen atoms in total. The summed E-state index contributed by atoms with van der Waals surface area (Å²) >= 11 is 0. The molecule has 1 heterocycles. The van der Waals surface area contributed by atoms with E-state index in [0.29, 0.717) is 31.4 Å². The van der Waals surface area contributed by atoms with Gasteiger partial charge in [0.05, 0.1) is 12.0 Å². The number of carbonyl (C=O) groups is 5. The summed E-state index contributed by atoms with van der Waals surface area (Å²) in [7, 11) is 0. The summed E-state index contributed by atoms with van der Waals surface area (Å²) in [5.41, 5.74) is 13.4. The van der Waals surface area contributed by atoms with E-state index in [1.54, 1.807) is 12.1 Å². The van der Waals surface area contributed by atoms with E-state index in [-0.39, 0.29) is 31.6 Å². The van der Waals surface area contributed by atoms with Crippen molar-refractivity contribution in [2.45, 2.75) is 76.6 Å². The molecule has 1 aromatic heterocycles. The number of hydrogen-bond donors (Lipinski definition) is 9. The Kier molecular flexibility index (Phi) is 14.4. The Hall–Kier alpha value is -4.95. The van der Waals surface area contributed by atoms with Crippen molar-refractivity contribution in [1.82, 2.24) is 26.3 Å². The quantitative estimate of drug-likeness (QED) is 0.0802. The number of amides is 5. The molecule has 5 atom stereocenters. The first kappa shape index (κ1) is 37.5. The number of carbonyl (C=O) groups excluding carboxylic acids is 5. The van der Waals surface area contributed by atoms with Crippen LogP contribution in [0.1, 0.15) is 50.7 Å². The first-order valence-corrected chi connectivity index (χ1v) is 16.0. The standard InChI is InChI=1S/C34H47N7O7/c1-20(42)31(32(36)46)41-30(45)17-25(7-5-6-14-35)40-33(47)24(16-23-18-37-28-9-4-3-8-27(23)28)19-38-34(48)29(39-21(2)43)15-22-10-12-26(44)13-11-22/h3-4,8-13,18,20,24-25,29,31,37,42,44H,5-7,14-17,19,35H2,1-2H3,(H2,36,46)(H,38,48)(H,39,43)(H,40,47)(H,41,45)/t20-,24+,25+,29+,31+/m1/s1. The van der Waals surface area contributed by atoms with Crippen molar-refractivity contribution in [1.29, 1.82) is 0 Å². The summed E-state index contributed by atoms with van der Waals surface area (Å²) in [6.07, 6.45) is 2.50. The highest BCUT2D eigenvalue weighted by Crippen LogP contribution is 2.21. The third-order valence-corrected chi connectivity index (χ3v) is 8.00. The normalized spacial score (nSPS) is 14.2. The number of unbranched alkanes of at least 4 members (excludes halogenated alkanes) is 1. The fraction of sp³-hybridized carbons (Fsp3) is 0.441. The number of para-hydroxylation sites is 1. The second kappa shape index (κ2) is 18.4. The lowest BCUT2D eigenvalue weighted by Gasteiger charge is -2.25. The zero-order chi connectivity index (χ0) is 35.2. The number of H-pyrrole nitrogens is 1. The minimum Gasteiger partial charge on any atom is -0.508 e. The van der Waals surface area contributed by atoms with Crippen molar-refractivity contribution in [2.75, 3.05) is 13.1 Å². The number of rotatable bonds is 19. The van der Waals surface area contributed by atoms with Gasteiger partial charge in [-0.05, 0) is 62.1 Å². The summed E-state index contributed by atoms with van der Waals surface area (Å²) in [6.45, 7) is 2.98. The second-order valence-electron chi connectivity index (χ2n) is 12.0. The van der Waals surface area contributed by atoms with Crippen LogP contribution in [0.25, 0.3) is 10.9 Å². The van der Waals surface area contributed by atoms with Crippen LogP contribution >= 0.6 is 0 Å². The molecule has 3 aromatic rings. The molecule has 0 spiro atoms. The molecule has 0 radical (unpaired) electrons. The smallest absolute Gasteiger partial charge is 0.242 e. The van der Waals surface area contributed by atoms with Gasteiger partial charge in [0.15, 0.2) is 0 Å². The van der Waals surface area contributed by atoms with Crippen LogP contribution in [-0.4, -0.2) is 82.1 Å². The van der Waals surface area contributed by atoms with Gasteiger partial charge in [0.1, 0.15) is 17.8 Å². The zero-order valence-electron chi connectivity index (χ0n) is 27.3. The molecular weight excluding hydrogens is 618 g/mol. The molecule has 14 heteroatoms. The second-order valence-corrected chi connectivity index (χ2v) is 12.0. The van der Waals surface area contributed by atoms with Crippen molar-refractivity contribution >= 4 is 40.4 Å². The van der Waals surface area contributed by atoms with E-state index < -0.39 is 59.7 Å². The molecule has 0 bridgehead atoms. The van der Waals surface area contributed by atoms with Crippen molar-refractivity contribution in [3.8, 4) is 5.75 Å². The number of primary amides is 1. The molecule has 3 rings (SSSR count). The molecule has 0 saturated heterocycles. The molecule has 0 aliphatic heterocycles. The molecule has 11 N–H and O–H groups in total. The molecular formula is C34H47N7O7. The van der Waals surface area contributed by atoms with E-state index in [0.717, 1.165) is 16.5 Å². The molecule has 0 fully saturated rings. The highest BCUT2D eigenvalue weighted by atomic mass is 16.3. The van der Waals surface area contributed by atoms with Crippen LogP contribution in [-0.2, 0) is 36.8 Å². The number of aromatic amines is 1. The van der Waals surface area contributed by atoms with Gasteiger partial charge in [-0.3, -0.25) is 24.0 Å². The van der Waals surface area contributed by atoms with E-state index in [9.17, 15) is 34.2 Å². The summed E-state index contributed by atoms with van der Waals surface area (Å²) in [6, 6.07) is 11.0. The Labute approximate surface area is 279 Å². The van der Waals surface area contributed by atoms with Gasteiger partial charge in [0.25, 0.3) is 0 Å². The fourth-order valence-corrected chi connectivity index (χ4v) is 5.46. The Morgan fingerprint density at radius 3 is 2.27 bits per heavy atom. The summed E-state index contributed by atoms with van der Waals surface area (Å²) < 4.78 is 0. The topological polar surface area (TPSA) is 242 Å². The molecule has 2 aromatic carbocycles. The third kappa shape index (κ3) is 11.7. The monoisotopic (exact) mass is 665 g/mol. The SMILES string of the molecule is CC(=O)N[C@@H](Cc1ccc(O)cc1)C(=O)NC[C@H](Cc1c[nH]c2ccccc12)C(=O)N[C@@H](CCCCN)CC(=O)N[C@H](C(N)=O)[C@@H](C)O. The lowest BCUT2D eigenvalue weighted by Crippen LogP contribution is -2.53. The Morgan fingerprint density at radius 1 is 0.917 bits per heavy atom. The highest BCUT2D eigenvalue weighted by Gasteiger charge is 2.29. The molecule has 0 saturated carbocycles. The van der Waals surface area contributed by atoms with Gasteiger partial charge >= 0.3 is 0 Å². The predicted octanol–water partition coefficient (Wildman–Crippen LogP) is 0.251. The molecule has 0 unspecified atom stereocenters. The number of fused-ring (bicyclic) bond motifs is 1. The Balaban J connectivity index is 1.81. The maximum absolute atomic E-state index is 13.9. The first-order valence-electron chi connectivity index (χ1n) is 16.0. The van der Waals surface area contributed by atoms with Crippen LogP contribution in [0.2, 0.25) is 0 Å². The lowest BCUT2D eigenvalue weighted by molar-refractivity contribution is -0.131. The Bertz CT molecular complexity index is 1540. The van der Waals surface area contributed by atoms with Gasteiger partial charge in [-0.15, -0.1) is 0 Å². The van der Waals surface area contributed by atoms with Gasteiger partial charge in [-0.2, -0.15) is 0 Å². The number of aliphatic hydroxyl groups excluding tert-OH is 1. The largest absolute Gasteiger partial charge is 0.508 e. The van der Waals surface area contributed by atoms with Crippen molar-refractivity contribution in [3.05, 3.63) is 65.9 Å². The molecule has 0 aliphatic rings. The number of nitrogens with one attached hydrogen (secondary N) is 5. The van der Waals surface area contributed by atoms with Crippen molar-refractivity contribution in [2.24, 2.45) is 17.4 Å². The van der Waals surface area contributed by atoms with Crippen LogP contribution < -0.4 is 32.7 Å². The maximum Gasteiger partial charge on any atom is 0.242 e. The fourth-order valence-electron chi connectivity index (χ4n) is 5.46. The highest BCUT2D eigenvalue weighted by molar-refractivity contribution is 5.89. The van der Waals surface area contributed by atoms with E-state index in [1.807, 2.05) is 30.5 Å². The van der Waals surface area contributed by atoms with Crippen LogP contribution in [0.3, 0.4) is 0 Å². The minimum atomic E-state index is -1.29. The number of phenolic OH excluding ortho intramolecular Hbond substituents is 1. The number of hydrogen-bond acceptors (Lipinski definition) is 8. The van der Waals surface area contributed by atoms with Crippen LogP contribution in [0.4, 0.5) is 0 Å². The molecule has 260 valence electrons. The number of nitrogens with two attached hydrogens (primary N) is 2. The minimum absolute atomic E-state index is 0.0693. The summed E-state index contributed by atoms with van der Waals surface area (Å²) in [4.78, 5) is 67.1. The predicted molar refractivity (Wildman–Crippen MR) is 180 cm³/mol. The number of benzene rings is 2. The van der Waals surface area contributed by atoms with Crippen molar-refractivity contribution in [3.63, 3.8) is 0 Å². The van der Waals surface area contributed by atoms with Gasteiger partial charge in [-0.1, -0.05) is 36.8 Å². The van der Waals surface area contributed by atoms with Crippen LogP contribution in [0, 0.1) is 5.92 Å². The molecule has 48 heavy (non-hydrogen) atoms. The van der Waals surface area contributed by atoms with Gasteiger partial charge in [0, 0.05) is 49.5 Å². The summed E-state index contributed by atoms with van der Waals surface area (Å²) in [5, 5.41) is 31.3. The van der Waals surface area contributed by atoms with Gasteiger partial charge in [-0.25, -0.2) is 0 Å². The first-order chi connectivity index (χ1) is 22.9. The molecule has 5 amide bonds. The summed E-state index contributed by atoms with van der Waals surface area (Å²) in [5.74, 6) is -3.50. The van der Waals surface area contributed by atoms with E-state index in [2.05, 4.69) is 26.3 Å². The number of aliphatic hydroxyl groups is 1. The van der Waals surface area contributed by atoms with Gasteiger partial charge in [0.2, 0.25) is 29.5 Å². The van der Waals surface area contributed by atoms with Crippen LogP contribution in [0.5, 0.6) is 5.75 Å². The average Bonchev–Trinajstić information content (AvgIpc) is 3.44. The van der Waals surface area contributed by atoms with E-state index in [1.165, 1.54) is 26.0 Å². The number of aromatic hydroxyl groups is 1. The zero-order valence-corrected chi connectivity index (χ0v) is 27.3. The average molecular weight is 666 g/mol. The number of aromatic nitrogens is 1. The maximum atomic E-state index is 13.9.